The molecule has 3 heterocycles. The molecule has 228 valence electrons. The molecule has 0 unspecified atom stereocenters. The van der Waals surface area contributed by atoms with E-state index in [1.54, 1.807) is 0 Å². The van der Waals surface area contributed by atoms with Crippen molar-refractivity contribution >= 4 is 11.0 Å². The van der Waals surface area contributed by atoms with E-state index in [2.05, 4.69) is 0 Å². The van der Waals surface area contributed by atoms with Crippen molar-refractivity contribution in [3.8, 4) is 34.3 Å². The predicted molar refractivity (Wildman–Crippen MR) is 139 cm³/mol. The summed E-state index contributed by atoms with van der Waals surface area (Å²) in [5.41, 5.74) is -1.29. The van der Waals surface area contributed by atoms with Gasteiger partial charge in [-0.1, -0.05) is 12.1 Å². The SMILES string of the molecule is C[C@H]1O[C@@H](OC[C@H]2O[C@H](Oc3c(-c4ccccc4O)oc4cc(O)cc(O)c4c3=O)[C@@H](O)[C@H](O)[C@H]2O)[C@@H](O)[C@@H](O)[C@@H]1O. The van der Waals surface area contributed by atoms with E-state index >= 15 is 0 Å². The lowest BCUT2D eigenvalue weighted by molar-refractivity contribution is -0.318. The van der Waals surface area contributed by atoms with Crippen LogP contribution in [-0.4, -0.2) is 114 Å². The molecular formula is C27H30O15. The Kier molecular flexibility index (Phi) is 8.30. The third kappa shape index (κ3) is 5.37. The molecule has 2 aliphatic heterocycles. The molecule has 0 spiro atoms. The van der Waals surface area contributed by atoms with Crippen molar-refractivity contribution in [3.63, 3.8) is 0 Å². The standard InChI is InChI=1S/C27H30O15/c1-9-17(31)20(34)22(36)26(39-9)38-8-15-18(32)21(35)23(37)27(41-15)42-25-19(33)16-13(30)6-10(28)7-14(16)40-24(25)11-4-2-3-5-12(11)29/h2-7,9,15,17-18,20-23,26-32,34-37H,8H2,1H3/t9-,15-,17-,18+,20+,21-,22+,23+,26-,27-/m1/s1. The van der Waals surface area contributed by atoms with Crippen molar-refractivity contribution in [3.05, 3.63) is 46.6 Å². The lowest BCUT2D eigenvalue weighted by Crippen LogP contribution is -2.61. The maximum Gasteiger partial charge on any atom is 0.239 e. The van der Waals surface area contributed by atoms with Gasteiger partial charge in [-0.2, -0.15) is 0 Å². The fraction of sp³-hybridized carbons (Fsp3) is 0.444. The Labute approximate surface area is 236 Å². The highest BCUT2D eigenvalue weighted by molar-refractivity contribution is 5.88. The van der Waals surface area contributed by atoms with Crippen molar-refractivity contribution < 1.29 is 69.3 Å². The average molecular weight is 595 g/mol. The van der Waals surface area contributed by atoms with Crippen molar-refractivity contribution in [1.82, 2.24) is 0 Å². The van der Waals surface area contributed by atoms with Crippen LogP contribution in [0.1, 0.15) is 6.92 Å². The van der Waals surface area contributed by atoms with Crippen LogP contribution >= 0.6 is 0 Å². The summed E-state index contributed by atoms with van der Waals surface area (Å²) in [6.45, 7) is 0.850. The Morgan fingerprint density at radius 2 is 1.45 bits per heavy atom. The number of benzene rings is 2. The van der Waals surface area contributed by atoms with E-state index in [0.717, 1.165) is 12.1 Å². The molecule has 2 aliphatic rings. The van der Waals surface area contributed by atoms with Crippen LogP contribution in [0.5, 0.6) is 23.0 Å². The van der Waals surface area contributed by atoms with Gasteiger partial charge in [0.25, 0.3) is 0 Å². The first-order chi connectivity index (χ1) is 19.9. The molecule has 3 aromatic rings. The van der Waals surface area contributed by atoms with E-state index in [-0.39, 0.29) is 22.7 Å². The number of aromatic hydroxyl groups is 3. The summed E-state index contributed by atoms with van der Waals surface area (Å²) < 4.78 is 27.9. The van der Waals surface area contributed by atoms with Crippen molar-refractivity contribution in [1.29, 1.82) is 0 Å². The fourth-order valence-electron chi connectivity index (χ4n) is 4.83. The maximum atomic E-state index is 13.6. The maximum absolute atomic E-state index is 13.6. The molecule has 15 nitrogen and oxygen atoms in total. The van der Waals surface area contributed by atoms with E-state index < -0.39 is 96.1 Å². The monoisotopic (exact) mass is 594 g/mol. The zero-order valence-electron chi connectivity index (χ0n) is 21.9. The minimum Gasteiger partial charge on any atom is -0.508 e. The van der Waals surface area contributed by atoms with Gasteiger partial charge in [-0.05, 0) is 19.1 Å². The Balaban J connectivity index is 1.47. The molecule has 10 atom stereocenters. The number of hydrogen-bond acceptors (Lipinski definition) is 15. The number of phenolic OH excluding ortho intramolecular Hbond substituents is 3. The van der Waals surface area contributed by atoms with Crippen LogP contribution in [0.3, 0.4) is 0 Å². The van der Waals surface area contributed by atoms with Crippen LogP contribution < -0.4 is 10.2 Å². The molecule has 2 aromatic carbocycles. The molecule has 15 heteroatoms. The summed E-state index contributed by atoms with van der Waals surface area (Å²) in [5.74, 6) is -2.45. The van der Waals surface area contributed by atoms with Crippen molar-refractivity contribution in [2.75, 3.05) is 6.61 Å². The molecule has 9 N–H and O–H groups in total. The molecule has 2 saturated heterocycles. The predicted octanol–water partition coefficient (Wildman–Crippen LogP) is -1.39. The highest BCUT2D eigenvalue weighted by atomic mass is 16.7. The summed E-state index contributed by atoms with van der Waals surface area (Å²) in [7, 11) is 0. The Morgan fingerprint density at radius 3 is 2.17 bits per heavy atom. The van der Waals surface area contributed by atoms with Gasteiger partial charge in [-0.25, -0.2) is 0 Å². The van der Waals surface area contributed by atoms with Gasteiger partial charge in [0.1, 0.15) is 70.9 Å². The van der Waals surface area contributed by atoms with Gasteiger partial charge in [0, 0.05) is 12.1 Å². The minimum atomic E-state index is -1.94. The molecule has 0 bridgehead atoms. The van der Waals surface area contributed by atoms with Crippen molar-refractivity contribution in [2.45, 2.75) is 68.3 Å². The van der Waals surface area contributed by atoms with Crippen LogP contribution in [-0.2, 0) is 14.2 Å². The lowest BCUT2D eigenvalue weighted by atomic mass is 9.98. The number of para-hydroxylation sites is 1. The van der Waals surface area contributed by atoms with Crippen LogP contribution in [0.15, 0.2) is 45.6 Å². The number of ether oxygens (including phenoxy) is 4. The Morgan fingerprint density at radius 1 is 0.786 bits per heavy atom. The second-order valence-electron chi connectivity index (χ2n) is 10.1. The topological polar surface area (TPSA) is 249 Å². The number of aliphatic hydroxyl groups is 6. The number of hydrogen-bond donors (Lipinski definition) is 9. The fourth-order valence-corrected chi connectivity index (χ4v) is 4.83. The quantitative estimate of drug-likeness (QED) is 0.159. The van der Waals surface area contributed by atoms with Crippen LogP contribution in [0.2, 0.25) is 0 Å². The van der Waals surface area contributed by atoms with Crippen molar-refractivity contribution in [2.24, 2.45) is 0 Å². The second kappa shape index (κ2) is 11.6. The molecule has 0 amide bonds. The zero-order chi connectivity index (χ0) is 30.5. The Bertz CT molecular complexity index is 1490. The summed E-state index contributed by atoms with van der Waals surface area (Å²) in [6.07, 6.45) is -15.9. The normalized spacial score (nSPS) is 33.5. The van der Waals surface area contributed by atoms with Gasteiger partial charge >= 0.3 is 0 Å². The van der Waals surface area contributed by atoms with Gasteiger partial charge in [0.05, 0.1) is 18.3 Å². The summed E-state index contributed by atoms with van der Waals surface area (Å²) in [6, 6.07) is 7.63. The summed E-state index contributed by atoms with van der Waals surface area (Å²) in [5, 5.41) is 92.1. The van der Waals surface area contributed by atoms with E-state index in [1.165, 1.54) is 31.2 Å². The first-order valence-corrected chi connectivity index (χ1v) is 12.9. The number of phenols is 3. The van der Waals surface area contributed by atoms with Gasteiger partial charge in [0.2, 0.25) is 17.5 Å². The number of aliphatic hydroxyl groups excluding tert-OH is 6. The smallest absolute Gasteiger partial charge is 0.239 e. The molecular weight excluding hydrogens is 564 g/mol. The van der Waals surface area contributed by atoms with Crippen LogP contribution in [0.4, 0.5) is 0 Å². The van der Waals surface area contributed by atoms with E-state index in [0.29, 0.717) is 0 Å². The van der Waals surface area contributed by atoms with Crippen LogP contribution in [0.25, 0.3) is 22.3 Å². The molecule has 0 saturated carbocycles. The first-order valence-electron chi connectivity index (χ1n) is 12.9. The van der Waals surface area contributed by atoms with E-state index in [9.17, 15) is 50.8 Å². The van der Waals surface area contributed by atoms with Gasteiger partial charge in [0.15, 0.2) is 12.1 Å². The molecule has 0 aliphatic carbocycles. The molecule has 1 aromatic heterocycles. The minimum absolute atomic E-state index is 0.0431. The largest absolute Gasteiger partial charge is 0.508 e. The highest BCUT2D eigenvalue weighted by Crippen LogP contribution is 2.40. The lowest BCUT2D eigenvalue weighted by Gasteiger charge is -2.42. The highest BCUT2D eigenvalue weighted by Gasteiger charge is 2.47. The average Bonchev–Trinajstić information content (AvgIpc) is 2.95. The van der Waals surface area contributed by atoms with Gasteiger partial charge < -0.3 is 69.3 Å². The third-order valence-corrected chi connectivity index (χ3v) is 7.20. The number of rotatable bonds is 6. The summed E-state index contributed by atoms with van der Waals surface area (Å²) in [4.78, 5) is 13.6. The second-order valence-corrected chi connectivity index (χ2v) is 10.1. The van der Waals surface area contributed by atoms with Crippen LogP contribution in [0, 0.1) is 0 Å². The third-order valence-electron chi connectivity index (χ3n) is 7.20. The van der Waals surface area contributed by atoms with Gasteiger partial charge in [-0.3, -0.25) is 4.79 Å². The van der Waals surface area contributed by atoms with E-state index in [4.69, 9.17) is 23.4 Å². The zero-order valence-corrected chi connectivity index (χ0v) is 21.9. The van der Waals surface area contributed by atoms with E-state index in [1.807, 2.05) is 0 Å². The number of fused-ring (bicyclic) bond motifs is 1. The summed E-state index contributed by atoms with van der Waals surface area (Å²) >= 11 is 0. The van der Waals surface area contributed by atoms with Gasteiger partial charge in [-0.15, -0.1) is 0 Å². The Hall–Kier alpha value is -3.51. The first kappa shape index (κ1) is 30.0. The molecule has 0 radical (unpaired) electrons. The molecule has 5 rings (SSSR count). The molecule has 42 heavy (non-hydrogen) atoms. The molecule has 2 fully saturated rings.